The van der Waals surface area contributed by atoms with Gasteiger partial charge >= 0.3 is 0 Å². The van der Waals surface area contributed by atoms with Crippen molar-refractivity contribution in [2.75, 3.05) is 25.5 Å². The number of benzene rings is 1. The lowest BCUT2D eigenvalue weighted by Crippen LogP contribution is -2.50. The summed E-state index contributed by atoms with van der Waals surface area (Å²) in [4.78, 5) is 13.8. The Morgan fingerprint density at radius 3 is 2.78 bits per heavy atom. The Morgan fingerprint density at radius 2 is 2.11 bits per heavy atom. The van der Waals surface area contributed by atoms with Gasteiger partial charge < -0.3 is 15.0 Å². The number of amides is 1. The number of fused-ring (bicyclic) bond motifs is 1. The minimum Gasteiger partial charge on any atom is -0.476 e. The van der Waals surface area contributed by atoms with Crippen LogP contribution < -0.4 is 15.0 Å². The van der Waals surface area contributed by atoms with Crippen LogP contribution in [0.5, 0.6) is 5.75 Å². The van der Waals surface area contributed by atoms with E-state index < -0.39 is 5.60 Å². The van der Waals surface area contributed by atoms with E-state index in [9.17, 15) is 4.79 Å². The molecule has 0 aliphatic carbocycles. The molecule has 98 valence electrons. The average molecular weight is 248 g/mol. The second kappa shape index (κ2) is 4.61. The van der Waals surface area contributed by atoms with Crippen molar-refractivity contribution in [1.29, 1.82) is 0 Å². The third-order valence-electron chi connectivity index (χ3n) is 3.23. The number of likely N-dealkylation sites (N-methyl/N-ethyl adjacent to an activating group) is 2. The lowest BCUT2D eigenvalue weighted by atomic mass is 10.0. The molecule has 1 heterocycles. The highest BCUT2D eigenvalue weighted by atomic mass is 16.5. The van der Waals surface area contributed by atoms with Gasteiger partial charge in [-0.2, -0.15) is 0 Å². The Morgan fingerprint density at radius 1 is 1.39 bits per heavy atom. The number of nitrogens with one attached hydrogen (secondary N) is 1. The van der Waals surface area contributed by atoms with Crippen LogP contribution in [0.15, 0.2) is 18.2 Å². The second-order valence-corrected chi connectivity index (χ2v) is 5.13. The molecule has 0 saturated carbocycles. The van der Waals surface area contributed by atoms with Crippen LogP contribution in [0.4, 0.5) is 5.69 Å². The molecule has 2 rings (SSSR count). The first kappa shape index (κ1) is 12.9. The fourth-order valence-corrected chi connectivity index (χ4v) is 2.17. The lowest BCUT2D eigenvalue weighted by Gasteiger charge is -2.37. The highest BCUT2D eigenvalue weighted by Crippen LogP contribution is 2.37. The van der Waals surface area contributed by atoms with E-state index in [0.717, 1.165) is 24.4 Å². The Hall–Kier alpha value is -1.55. The first-order valence-electron chi connectivity index (χ1n) is 6.20. The van der Waals surface area contributed by atoms with Crippen molar-refractivity contribution in [1.82, 2.24) is 5.32 Å². The van der Waals surface area contributed by atoms with E-state index in [1.54, 1.807) is 25.8 Å². The van der Waals surface area contributed by atoms with Gasteiger partial charge in [-0.15, -0.1) is 0 Å². The van der Waals surface area contributed by atoms with E-state index in [0.29, 0.717) is 0 Å². The number of hydrogen-bond acceptors (Lipinski definition) is 3. The summed E-state index contributed by atoms with van der Waals surface area (Å²) in [6, 6.07) is 6.03. The van der Waals surface area contributed by atoms with Gasteiger partial charge in [-0.3, -0.25) is 4.79 Å². The maximum atomic E-state index is 12.1. The van der Waals surface area contributed by atoms with E-state index in [4.69, 9.17) is 4.74 Å². The molecule has 1 aliphatic rings. The van der Waals surface area contributed by atoms with Gasteiger partial charge in [0.25, 0.3) is 5.91 Å². The van der Waals surface area contributed by atoms with Gasteiger partial charge in [0.1, 0.15) is 5.75 Å². The van der Waals surface area contributed by atoms with E-state index in [1.165, 1.54) is 5.56 Å². The van der Waals surface area contributed by atoms with Gasteiger partial charge in [0.05, 0.1) is 5.69 Å². The quantitative estimate of drug-likeness (QED) is 0.883. The zero-order valence-corrected chi connectivity index (χ0v) is 11.4. The fraction of sp³-hybridized carbons (Fsp3) is 0.500. The van der Waals surface area contributed by atoms with E-state index in [2.05, 4.69) is 11.4 Å². The summed E-state index contributed by atoms with van der Waals surface area (Å²) in [5, 5.41) is 3.12. The molecular formula is C14H20N2O2. The molecule has 0 aromatic heterocycles. The number of carbonyl (C=O) groups excluding carboxylic acids is 1. The first-order chi connectivity index (χ1) is 8.45. The predicted molar refractivity (Wildman–Crippen MR) is 72.2 cm³/mol. The molecular weight excluding hydrogens is 228 g/mol. The molecule has 1 aliphatic heterocycles. The van der Waals surface area contributed by atoms with E-state index >= 15 is 0 Å². The Balaban J connectivity index is 2.33. The SMILES string of the molecule is CNCCc1ccc2c(c1)N(C)C(=O)C(C)(C)O2. The second-order valence-electron chi connectivity index (χ2n) is 5.13. The minimum absolute atomic E-state index is 0.0132. The van der Waals surface area contributed by atoms with Crippen LogP contribution in [0.25, 0.3) is 0 Å². The topological polar surface area (TPSA) is 41.6 Å². The van der Waals surface area contributed by atoms with Gasteiger partial charge in [-0.25, -0.2) is 0 Å². The van der Waals surface area contributed by atoms with Crippen molar-refractivity contribution in [3.05, 3.63) is 23.8 Å². The molecule has 1 aromatic carbocycles. The monoisotopic (exact) mass is 248 g/mol. The number of carbonyl (C=O) groups is 1. The van der Waals surface area contributed by atoms with Crippen molar-refractivity contribution >= 4 is 11.6 Å². The summed E-state index contributed by atoms with van der Waals surface area (Å²) in [6.45, 7) is 4.51. The molecule has 0 radical (unpaired) electrons. The van der Waals surface area contributed by atoms with Crippen molar-refractivity contribution in [2.45, 2.75) is 25.9 Å². The maximum Gasteiger partial charge on any atom is 0.270 e. The molecule has 0 bridgehead atoms. The van der Waals surface area contributed by atoms with Gasteiger partial charge in [0, 0.05) is 7.05 Å². The maximum absolute atomic E-state index is 12.1. The summed E-state index contributed by atoms with van der Waals surface area (Å²) in [5.74, 6) is 0.760. The number of ether oxygens (including phenoxy) is 1. The van der Waals surface area contributed by atoms with Crippen LogP contribution in [0.2, 0.25) is 0 Å². The third kappa shape index (κ3) is 2.20. The summed E-state index contributed by atoms with van der Waals surface area (Å²) < 4.78 is 5.75. The molecule has 1 N–H and O–H groups in total. The number of anilines is 1. The highest BCUT2D eigenvalue weighted by molar-refractivity contribution is 6.01. The molecule has 4 nitrogen and oxygen atoms in total. The van der Waals surface area contributed by atoms with E-state index in [-0.39, 0.29) is 5.91 Å². The largest absolute Gasteiger partial charge is 0.476 e. The van der Waals surface area contributed by atoms with Crippen LogP contribution >= 0.6 is 0 Å². The molecule has 0 atom stereocenters. The van der Waals surface area contributed by atoms with Crippen LogP contribution in [0, 0.1) is 0 Å². The number of nitrogens with zero attached hydrogens (tertiary/aromatic N) is 1. The third-order valence-corrected chi connectivity index (χ3v) is 3.23. The Bertz CT molecular complexity index is 469. The molecule has 1 amide bonds. The van der Waals surface area contributed by atoms with Gasteiger partial charge in [0.15, 0.2) is 5.60 Å². The molecule has 0 fully saturated rings. The molecule has 0 spiro atoms. The molecule has 0 saturated heterocycles. The van der Waals surface area contributed by atoms with Crippen LogP contribution in [-0.4, -0.2) is 32.1 Å². The van der Waals surface area contributed by atoms with E-state index in [1.807, 2.05) is 19.2 Å². The predicted octanol–water partition coefficient (Wildman–Crippen LogP) is 1.58. The van der Waals surface area contributed by atoms with Crippen molar-refractivity contribution in [2.24, 2.45) is 0 Å². The van der Waals surface area contributed by atoms with Crippen LogP contribution in [0.1, 0.15) is 19.4 Å². The minimum atomic E-state index is -0.783. The van der Waals surface area contributed by atoms with Crippen LogP contribution in [0.3, 0.4) is 0 Å². The highest BCUT2D eigenvalue weighted by Gasteiger charge is 2.39. The van der Waals surface area contributed by atoms with Crippen molar-refractivity contribution in [3.8, 4) is 5.75 Å². The standard InChI is InChI=1S/C14H20N2O2/c1-14(2)13(17)16(4)11-9-10(7-8-15-3)5-6-12(11)18-14/h5-6,9,15H,7-8H2,1-4H3. The van der Waals surface area contributed by atoms with Gasteiger partial charge in [-0.05, 0) is 51.6 Å². The van der Waals surface area contributed by atoms with Crippen molar-refractivity contribution in [3.63, 3.8) is 0 Å². The first-order valence-corrected chi connectivity index (χ1v) is 6.20. The summed E-state index contributed by atoms with van der Waals surface area (Å²) in [5.41, 5.74) is 1.27. The normalized spacial score (nSPS) is 17.3. The number of hydrogen-bond donors (Lipinski definition) is 1. The zero-order chi connectivity index (χ0) is 13.3. The lowest BCUT2D eigenvalue weighted by molar-refractivity contribution is -0.132. The van der Waals surface area contributed by atoms with Crippen LogP contribution in [-0.2, 0) is 11.2 Å². The Labute approximate surface area is 108 Å². The molecule has 4 heteroatoms. The summed E-state index contributed by atoms with van der Waals surface area (Å²) >= 11 is 0. The zero-order valence-electron chi connectivity index (χ0n) is 11.4. The number of rotatable bonds is 3. The molecule has 18 heavy (non-hydrogen) atoms. The summed E-state index contributed by atoms with van der Waals surface area (Å²) in [6.07, 6.45) is 0.940. The van der Waals surface area contributed by atoms with Crippen molar-refractivity contribution < 1.29 is 9.53 Å². The van der Waals surface area contributed by atoms with Gasteiger partial charge in [-0.1, -0.05) is 6.07 Å². The molecule has 1 aromatic rings. The summed E-state index contributed by atoms with van der Waals surface area (Å²) in [7, 11) is 3.73. The molecule has 0 unspecified atom stereocenters. The smallest absolute Gasteiger partial charge is 0.270 e. The Kier molecular flexibility index (Phi) is 3.30. The van der Waals surface area contributed by atoms with Gasteiger partial charge in [0.2, 0.25) is 0 Å². The fourth-order valence-electron chi connectivity index (χ4n) is 2.17. The average Bonchev–Trinajstić information content (AvgIpc) is 2.34.